The molecule has 9 nitrogen and oxygen atoms in total. The summed E-state index contributed by atoms with van der Waals surface area (Å²) in [5.41, 5.74) is 1.37. The van der Waals surface area contributed by atoms with Crippen LogP contribution in [0.1, 0.15) is 53.9 Å². The predicted molar refractivity (Wildman–Crippen MR) is 142 cm³/mol. The van der Waals surface area contributed by atoms with Crippen LogP contribution >= 0.6 is 7.60 Å². The number of alkyl halides is 3. The van der Waals surface area contributed by atoms with Crippen LogP contribution in [0.3, 0.4) is 0 Å². The highest BCUT2D eigenvalue weighted by atomic mass is 31.2. The Bertz CT molecular complexity index is 1390. The van der Waals surface area contributed by atoms with Gasteiger partial charge in [0.05, 0.1) is 36.7 Å². The first-order chi connectivity index (χ1) is 18.5. The van der Waals surface area contributed by atoms with Crippen molar-refractivity contribution in [3.63, 3.8) is 0 Å². The number of hydrogen-bond acceptors (Lipinski definition) is 8. The van der Waals surface area contributed by atoms with Gasteiger partial charge in [-0.25, -0.2) is 4.98 Å². The Hall–Kier alpha value is -3.47. The number of anilines is 4. The molecule has 0 saturated carbocycles. The van der Waals surface area contributed by atoms with Gasteiger partial charge in [-0.2, -0.15) is 18.2 Å². The summed E-state index contributed by atoms with van der Waals surface area (Å²) < 4.78 is 64.9. The molecule has 0 saturated heterocycles. The minimum Gasteiger partial charge on any atom is -0.339 e. The van der Waals surface area contributed by atoms with E-state index in [1.54, 1.807) is 63.4 Å². The fraction of sp³-hybridized carbons (Fsp3) is 0.346. The second kappa shape index (κ2) is 11.3. The lowest BCUT2D eigenvalue weighted by molar-refractivity contribution is -0.137. The van der Waals surface area contributed by atoms with Crippen LogP contribution in [0.5, 0.6) is 0 Å². The lowest BCUT2D eigenvalue weighted by Crippen LogP contribution is -2.21. The van der Waals surface area contributed by atoms with Crippen molar-refractivity contribution in [3.8, 4) is 0 Å². The molecule has 0 aliphatic carbocycles. The number of amides is 1. The van der Waals surface area contributed by atoms with Crippen LogP contribution in [-0.4, -0.2) is 41.0 Å². The molecular weight excluding hydrogens is 534 g/mol. The Morgan fingerprint density at radius 3 is 2.33 bits per heavy atom. The number of aromatic nitrogens is 2. The predicted octanol–water partition coefficient (Wildman–Crippen LogP) is 6.90. The average Bonchev–Trinajstić information content (AvgIpc) is 3.09. The topological polar surface area (TPSA) is 106 Å². The molecule has 2 N–H and O–H groups in total. The molecule has 4 rings (SSSR count). The molecule has 0 radical (unpaired) electrons. The van der Waals surface area contributed by atoms with Gasteiger partial charge in [0.25, 0.3) is 5.91 Å². The first kappa shape index (κ1) is 28.5. The molecule has 208 valence electrons. The zero-order valence-corrected chi connectivity index (χ0v) is 22.8. The van der Waals surface area contributed by atoms with E-state index in [2.05, 4.69) is 20.6 Å². The largest absolute Gasteiger partial charge is 0.421 e. The summed E-state index contributed by atoms with van der Waals surface area (Å²) in [7, 11) is -1.65. The maximum absolute atomic E-state index is 13.8. The Balaban J connectivity index is 1.60. The Morgan fingerprint density at radius 1 is 1.05 bits per heavy atom. The van der Waals surface area contributed by atoms with Crippen LogP contribution in [0.2, 0.25) is 0 Å². The third kappa shape index (κ3) is 6.24. The van der Waals surface area contributed by atoms with E-state index in [4.69, 9.17) is 9.05 Å². The van der Waals surface area contributed by atoms with Crippen molar-refractivity contribution < 1.29 is 31.6 Å². The van der Waals surface area contributed by atoms with Gasteiger partial charge in [-0.1, -0.05) is 24.3 Å². The van der Waals surface area contributed by atoms with Crippen molar-refractivity contribution in [1.29, 1.82) is 0 Å². The lowest BCUT2D eigenvalue weighted by Gasteiger charge is -2.17. The third-order valence-electron chi connectivity index (χ3n) is 6.25. The van der Waals surface area contributed by atoms with Crippen molar-refractivity contribution in [1.82, 2.24) is 14.9 Å². The van der Waals surface area contributed by atoms with Crippen molar-refractivity contribution in [2.45, 2.75) is 39.2 Å². The van der Waals surface area contributed by atoms with Gasteiger partial charge in [0.1, 0.15) is 11.4 Å². The first-order valence-electron chi connectivity index (χ1n) is 12.3. The zero-order valence-electron chi connectivity index (χ0n) is 21.9. The molecular formula is C26H29F3N5O4P. The summed E-state index contributed by atoms with van der Waals surface area (Å²) >= 11 is 0. The molecule has 39 heavy (non-hydrogen) atoms. The van der Waals surface area contributed by atoms with Crippen LogP contribution in [0.15, 0.2) is 48.7 Å². The second-order valence-corrected chi connectivity index (χ2v) is 10.9. The standard InChI is InChI=1S/C26H29F3N5O4P/c1-5-37-39(36,38-6-2)15-17-10-12-18(13-11-17)31-25-30-14-20(26(27,28)29)23(33-25)32-21-9-7-8-19-16(3)34(4)24(35)22(19)21/h7-14,16H,5-6,15H2,1-4H3,(H2,30,31,32,33). The summed E-state index contributed by atoms with van der Waals surface area (Å²) in [6, 6.07) is 11.5. The van der Waals surface area contributed by atoms with Crippen LogP contribution in [0.25, 0.3) is 0 Å². The van der Waals surface area contributed by atoms with E-state index < -0.39 is 25.2 Å². The SMILES string of the molecule is CCOP(=O)(Cc1ccc(Nc2ncc(C(F)(F)F)c(Nc3cccc4c3C(=O)N(C)C4C)n2)cc1)OCC. The number of carbonyl (C=O) groups is 1. The highest BCUT2D eigenvalue weighted by Crippen LogP contribution is 2.51. The quantitative estimate of drug-likeness (QED) is 0.257. The minimum absolute atomic E-state index is 0.0771. The average molecular weight is 564 g/mol. The lowest BCUT2D eigenvalue weighted by atomic mass is 10.0. The Morgan fingerprint density at radius 2 is 1.72 bits per heavy atom. The molecule has 13 heteroatoms. The summed E-state index contributed by atoms with van der Waals surface area (Å²) in [4.78, 5) is 22.2. The maximum Gasteiger partial charge on any atom is 0.421 e. The highest BCUT2D eigenvalue weighted by molar-refractivity contribution is 7.53. The molecule has 2 aromatic carbocycles. The molecule has 1 aliphatic heterocycles. The van der Waals surface area contributed by atoms with Gasteiger partial charge in [0.15, 0.2) is 0 Å². The van der Waals surface area contributed by atoms with Gasteiger partial charge >= 0.3 is 13.8 Å². The van der Waals surface area contributed by atoms with Crippen molar-refractivity contribution in [3.05, 3.63) is 70.9 Å². The smallest absolute Gasteiger partial charge is 0.339 e. The van der Waals surface area contributed by atoms with Gasteiger partial charge in [0.2, 0.25) is 5.95 Å². The van der Waals surface area contributed by atoms with Crippen LogP contribution in [0, 0.1) is 0 Å². The monoisotopic (exact) mass is 563 g/mol. The number of benzene rings is 2. The fourth-order valence-electron chi connectivity index (χ4n) is 4.26. The molecule has 0 bridgehead atoms. The van der Waals surface area contributed by atoms with Crippen molar-refractivity contribution in [2.24, 2.45) is 0 Å². The van der Waals surface area contributed by atoms with E-state index in [0.717, 1.165) is 0 Å². The molecule has 1 aliphatic rings. The number of fused-ring (bicyclic) bond motifs is 1. The second-order valence-electron chi connectivity index (χ2n) is 8.87. The summed E-state index contributed by atoms with van der Waals surface area (Å²) in [5.74, 6) is -0.869. The zero-order chi connectivity index (χ0) is 28.4. The van der Waals surface area contributed by atoms with E-state index in [-0.39, 0.29) is 43.0 Å². The molecule has 0 fully saturated rings. The number of carbonyl (C=O) groups excluding carboxylic acids is 1. The number of halogens is 3. The number of hydrogen-bond donors (Lipinski definition) is 2. The summed E-state index contributed by atoms with van der Waals surface area (Å²) in [6.07, 6.45) is -3.97. The van der Waals surface area contributed by atoms with Gasteiger partial charge in [-0.3, -0.25) is 9.36 Å². The van der Waals surface area contributed by atoms with Crippen molar-refractivity contribution >= 4 is 36.6 Å². The van der Waals surface area contributed by atoms with E-state index in [9.17, 15) is 22.5 Å². The van der Waals surface area contributed by atoms with Gasteiger partial charge in [0, 0.05) is 18.9 Å². The van der Waals surface area contributed by atoms with Crippen LogP contribution in [0.4, 0.5) is 36.3 Å². The van der Waals surface area contributed by atoms with E-state index in [1.807, 2.05) is 6.92 Å². The van der Waals surface area contributed by atoms with Crippen LogP contribution < -0.4 is 10.6 Å². The normalized spacial score (nSPS) is 15.4. The molecule has 1 atom stereocenters. The molecule has 3 aromatic rings. The Labute approximate surface area is 224 Å². The molecule has 1 amide bonds. The Kier molecular flexibility index (Phi) is 8.29. The summed E-state index contributed by atoms with van der Waals surface area (Å²) in [5, 5.41) is 5.61. The number of nitrogens with zero attached hydrogens (tertiary/aromatic N) is 3. The first-order valence-corrected chi connectivity index (χ1v) is 14.0. The molecule has 1 aromatic heterocycles. The number of rotatable bonds is 10. The van der Waals surface area contributed by atoms with E-state index >= 15 is 0 Å². The van der Waals surface area contributed by atoms with Gasteiger partial charge < -0.3 is 24.6 Å². The van der Waals surface area contributed by atoms with Crippen molar-refractivity contribution in [2.75, 3.05) is 30.9 Å². The fourth-order valence-corrected chi connectivity index (χ4v) is 5.96. The van der Waals surface area contributed by atoms with Gasteiger partial charge in [-0.15, -0.1) is 0 Å². The maximum atomic E-state index is 13.8. The third-order valence-corrected chi connectivity index (χ3v) is 8.30. The van der Waals surface area contributed by atoms with Crippen LogP contribution in [-0.2, 0) is 26.0 Å². The van der Waals surface area contributed by atoms with E-state index in [0.29, 0.717) is 28.6 Å². The number of nitrogens with one attached hydrogen (secondary N) is 2. The minimum atomic E-state index is -4.73. The summed E-state index contributed by atoms with van der Waals surface area (Å²) in [6.45, 7) is 5.79. The highest BCUT2D eigenvalue weighted by Gasteiger charge is 2.37. The van der Waals surface area contributed by atoms with E-state index in [1.165, 1.54) is 4.90 Å². The molecule has 2 heterocycles. The molecule has 0 spiro atoms. The van der Waals surface area contributed by atoms with Gasteiger partial charge in [-0.05, 0) is 50.1 Å². The molecule has 1 unspecified atom stereocenters.